The van der Waals surface area contributed by atoms with Crippen molar-refractivity contribution in [2.75, 3.05) is 6.61 Å². The topological polar surface area (TPSA) is 35.1 Å². The molecule has 0 amide bonds. The molecule has 0 bridgehead atoms. The van der Waals surface area contributed by atoms with Gasteiger partial charge in [0, 0.05) is 0 Å². The average Bonchev–Trinajstić information content (AvgIpc) is 3.02. The first-order valence-electron chi connectivity index (χ1n) is 10.6. The number of hydrogen-bond acceptors (Lipinski definition) is 2. The molecule has 0 N–H and O–H groups in total. The number of esters is 1. The molecule has 3 aromatic rings. The Balaban J connectivity index is 2.28. The normalized spacial score (nSPS) is 11.2. The van der Waals surface area contributed by atoms with Gasteiger partial charge in [0.1, 0.15) is 23.8 Å². The smallest absolute Gasteiger partial charge is 0.423 e. The minimum absolute atomic E-state index is 0.275. The predicted molar refractivity (Wildman–Crippen MR) is 121 cm³/mol. The first kappa shape index (κ1) is 21.8. The van der Waals surface area contributed by atoms with Gasteiger partial charge in [-0.1, -0.05) is 49.2 Å². The van der Waals surface area contributed by atoms with E-state index in [4.69, 9.17) is 4.74 Å². The van der Waals surface area contributed by atoms with Crippen LogP contribution in [-0.2, 0) is 4.74 Å². The molecule has 30 heavy (non-hydrogen) atoms. The zero-order valence-corrected chi connectivity index (χ0v) is 19.5. The highest BCUT2D eigenvalue weighted by Gasteiger charge is 2.32. The molecule has 0 fully saturated rings. The maximum absolute atomic E-state index is 13.3. The van der Waals surface area contributed by atoms with E-state index in [1.165, 1.54) is 11.1 Å². The highest BCUT2D eigenvalue weighted by Crippen LogP contribution is 2.24. The number of carbonyl (C=O) groups is 1. The van der Waals surface area contributed by atoms with Gasteiger partial charge in [0.05, 0.1) is 6.61 Å². The molecule has 158 valence electrons. The fourth-order valence-electron chi connectivity index (χ4n) is 4.36. The number of hydrogen-bond donors (Lipinski definition) is 0. The highest BCUT2D eigenvalue weighted by molar-refractivity contribution is 5.85. The summed E-state index contributed by atoms with van der Waals surface area (Å²) in [6, 6.07) is 8.60. The summed E-state index contributed by atoms with van der Waals surface area (Å²) in [6.07, 6.45) is 3.94. The van der Waals surface area contributed by atoms with Crippen molar-refractivity contribution in [1.29, 1.82) is 0 Å². The second kappa shape index (κ2) is 8.47. The Morgan fingerprint density at radius 2 is 1.40 bits per heavy atom. The number of nitrogens with zero attached hydrogens (tertiary/aromatic N) is 2. The van der Waals surface area contributed by atoms with Gasteiger partial charge in [-0.15, -0.1) is 0 Å². The second-order valence-corrected chi connectivity index (χ2v) is 8.85. The van der Waals surface area contributed by atoms with Crippen molar-refractivity contribution in [3.8, 4) is 11.4 Å². The van der Waals surface area contributed by atoms with E-state index in [0.717, 1.165) is 33.6 Å². The molecular formula is C26H33N2O2+. The van der Waals surface area contributed by atoms with Crippen LogP contribution in [0.15, 0.2) is 36.7 Å². The third kappa shape index (κ3) is 4.18. The summed E-state index contributed by atoms with van der Waals surface area (Å²) in [5.41, 5.74) is 8.99. The summed E-state index contributed by atoms with van der Waals surface area (Å²) >= 11 is 0. The van der Waals surface area contributed by atoms with E-state index in [-0.39, 0.29) is 11.9 Å². The molecule has 1 aromatic heterocycles. The zero-order chi connectivity index (χ0) is 22.2. The van der Waals surface area contributed by atoms with E-state index in [1.54, 1.807) is 0 Å². The van der Waals surface area contributed by atoms with Crippen LogP contribution in [0.3, 0.4) is 0 Å². The minimum atomic E-state index is -0.313. The van der Waals surface area contributed by atoms with Gasteiger partial charge in [0.25, 0.3) is 0 Å². The van der Waals surface area contributed by atoms with Gasteiger partial charge in [-0.05, 0) is 69.7 Å². The Hall–Kier alpha value is -2.88. The predicted octanol–water partition coefficient (Wildman–Crippen LogP) is 5.42. The Morgan fingerprint density at radius 3 is 1.90 bits per heavy atom. The standard InChI is InChI=1S/C26H33N2O2/c1-16(2)15-30-26(29)25-27(23-19(5)11-17(3)12-20(23)6)9-10-28(25)24-21(7)13-18(4)14-22(24)8/h9-14,16H,15H2,1-8H3/q+1. The Bertz CT molecular complexity index is 985. The lowest BCUT2D eigenvalue weighted by Gasteiger charge is -2.13. The van der Waals surface area contributed by atoms with Crippen molar-refractivity contribution >= 4 is 5.97 Å². The number of carbonyl (C=O) groups excluding carboxylic acids is 1. The molecule has 4 nitrogen and oxygen atoms in total. The summed E-state index contributed by atoms with van der Waals surface area (Å²) in [5, 5.41) is 0. The Kier molecular flexibility index (Phi) is 6.16. The van der Waals surface area contributed by atoms with Crippen LogP contribution in [0.2, 0.25) is 0 Å². The van der Waals surface area contributed by atoms with Crippen molar-refractivity contribution in [2.24, 2.45) is 5.92 Å². The third-order valence-electron chi connectivity index (χ3n) is 5.30. The van der Waals surface area contributed by atoms with E-state index >= 15 is 0 Å². The number of imidazole rings is 1. The number of rotatable bonds is 5. The van der Waals surface area contributed by atoms with Crippen molar-refractivity contribution < 1.29 is 14.1 Å². The summed E-state index contributed by atoms with van der Waals surface area (Å²) in [6.45, 7) is 17.0. The van der Waals surface area contributed by atoms with Gasteiger partial charge in [0.15, 0.2) is 0 Å². The molecule has 3 rings (SSSR count). The maximum atomic E-state index is 13.3. The highest BCUT2D eigenvalue weighted by atomic mass is 16.5. The fourth-order valence-corrected chi connectivity index (χ4v) is 4.36. The summed E-state index contributed by atoms with van der Waals surface area (Å²) in [7, 11) is 0. The van der Waals surface area contributed by atoms with Crippen LogP contribution in [0.4, 0.5) is 0 Å². The number of aromatic nitrogens is 2. The van der Waals surface area contributed by atoms with E-state index in [0.29, 0.717) is 12.4 Å². The van der Waals surface area contributed by atoms with Gasteiger partial charge in [-0.2, -0.15) is 9.13 Å². The zero-order valence-electron chi connectivity index (χ0n) is 19.5. The van der Waals surface area contributed by atoms with Crippen LogP contribution in [-0.4, -0.2) is 17.1 Å². The number of ether oxygens (including phenoxy) is 1. The lowest BCUT2D eigenvalue weighted by atomic mass is 10.0. The van der Waals surface area contributed by atoms with E-state index < -0.39 is 0 Å². The first-order valence-corrected chi connectivity index (χ1v) is 10.6. The summed E-state index contributed by atoms with van der Waals surface area (Å²) in [5.74, 6) is 0.477. The van der Waals surface area contributed by atoms with Crippen LogP contribution in [0.25, 0.3) is 11.4 Å². The van der Waals surface area contributed by atoms with Gasteiger partial charge < -0.3 is 4.74 Å². The molecule has 0 saturated carbocycles. The quantitative estimate of drug-likeness (QED) is 0.420. The van der Waals surface area contributed by atoms with Crippen LogP contribution >= 0.6 is 0 Å². The largest absolute Gasteiger partial charge is 0.456 e. The molecule has 0 aliphatic rings. The first-order chi connectivity index (χ1) is 14.1. The minimum Gasteiger partial charge on any atom is -0.456 e. The van der Waals surface area contributed by atoms with Crippen molar-refractivity contribution in [3.63, 3.8) is 0 Å². The van der Waals surface area contributed by atoms with Crippen LogP contribution < -0.4 is 4.57 Å². The fraction of sp³-hybridized carbons (Fsp3) is 0.385. The molecule has 0 aliphatic heterocycles. The summed E-state index contributed by atoms with van der Waals surface area (Å²) < 4.78 is 9.65. The molecule has 0 saturated heterocycles. The third-order valence-corrected chi connectivity index (χ3v) is 5.30. The number of aryl methyl sites for hydroxylation is 6. The van der Waals surface area contributed by atoms with Crippen LogP contribution in [0.5, 0.6) is 0 Å². The molecule has 0 radical (unpaired) electrons. The van der Waals surface area contributed by atoms with Crippen LogP contribution in [0, 0.1) is 47.5 Å². The van der Waals surface area contributed by atoms with Crippen molar-refractivity contribution in [1.82, 2.24) is 4.57 Å². The monoisotopic (exact) mass is 405 g/mol. The van der Waals surface area contributed by atoms with Crippen molar-refractivity contribution in [2.45, 2.75) is 55.4 Å². The van der Waals surface area contributed by atoms with Crippen molar-refractivity contribution in [3.05, 3.63) is 75.9 Å². The lowest BCUT2D eigenvalue weighted by molar-refractivity contribution is -0.598. The average molecular weight is 406 g/mol. The lowest BCUT2D eigenvalue weighted by Crippen LogP contribution is -2.39. The number of benzene rings is 2. The van der Waals surface area contributed by atoms with Gasteiger partial charge in [-0.3, -0.25) is 0 Å². The molecule has 2 aromatic carbocycles. The maximum Gasteiger partial charge on any atom is 0.423 e. The molecule has 0 unspecified atom stereocenters. The molecular weight excluding hydrogens is 372 g/mol. The molecule has 4 heteroatoms. The van der Waals surface area contributed by atoms with E-state index in [9.17, 15) is 4.79 Å². The molecule has 0 atom stereocenters. The SMILES string of the molecule is Cc1cc(C)c(-n2cc[n+](-c3c(C)cc(C)cc3C)c2C(=O)OCC(C)C)c(C)c1. The molecule has 0 spiro atoms. The molecule has 0 aliphatic carbocycles. The second-order valence-electron chi connectivity index (χ2n) is 8.85. The van der Waals surface area contributed by atoms with Gasteiger partial charge >= 0.3 is 11.8 Å². The van der Waals surface area contributed by atoms with E-state index in [1.807, 2.05) is 35.4 Å². The van der Waals surface area contributed by atoms with Gasteiger partial charge in [0.2, 0.25) is 0 Å². The van der Waals surface area contributed by atoms with E-state index in [2.05, 4.69) is 65.8 Å². The Labute approximate surface area is 180 Å². The van der Waals surface area contributed by atoms with Gasteiger partial charge in [-0.25, -0.2) is 4.79 Å². The van der Waals surface area contributed by atoms with Crippen LogP contribution in [0.1, 0.15) is 57.8 Å². The Morgan fingerprint density at radius 1 is 0.900 bits per heavy atom. The summed E-state index contributed by atoms with van der Waals surface area (Å²) in [4.78, 5) is 13.3. The molecule has 1 heterocycles.